The van der Waals surface area contributed by atoms with Crippen LogP contribution in [0.4, 0.5) is 0 Å². The number of benzene rings is 1. The Morgan fingerprint density at radius 1 is 1.39 bits per heavy atom. The highest BCUT2D eigenvalue weighted by atomic mass is 35.5. The van der Waals surface area contributed by atoms with Crippen LogP contribution < -0.4 is 0 Å². The van der Waals surface area contributed by atoms with E-state index in [4.69, 9.17) is 16.7 Å². The summed E-state index contributed by atoms with van der Waals surface area (Å²) in [6.07, 6.45) is 1.30. The largest absolute Gasteiger partial charge is 0.481 e. The number of hydrogen-bond donors (Lipinski definition) is 1. The molecule has 1 aromatic heterocycles. The lowest BCUT2D eigenvalue weighted by Gasteiger charge is -2.14. The molecule has 0 bridgehead atoms. The van der Waals surface area contributed by atoms with Crippen molar-refractivity contribution in [2.24, 2.45) is 0 Å². The number of hydrogen-bond acceptors (Lipinski definition) is 4. The van der Waals surface area contributed by atoms with Crippen molar-refractivity contribution in [3.8, 4) is 0 Å². The Balaban J connectivity index is 0.00000162. The van der Waals surface area contributed by atoms with E-state index in [0.29, 0.717) is 5.02 Å². The maximum Gasteiger partial charge on any atom is 0.305 e. The Kier molecular flexibility index (Phi) is 5.06. The Morgan fingerprint density at radius 3 is 2.56 bits per heavy atom. The van der Waals surface area contributed by atoms with Gasteiger partial charge in [0.15, 0.2) is 0 Å². The van der Waals surface area contributed by atoms with Gasteiger partial charge in [-0.05, 0) is 28.1 Å². The van der Waals surface area contributed by atoms with E-state index in [1.165, 1.54) is 11.0 Å². The third kappa shape index (κ3) is 3.41. The van der Waals surface area contributed by atoms with E-state index < -0.39 is 12.0 Å². The molecule has 0 aliphatic carbocycles. The number of carbonyl (C=O) groups is 1. The van der Waals surface area contributed by atoms with Gasteiger partial charge in [-0.15, -0.1) is 17.5 Å². The smallest absolute Gasteiger partial charge is 0.305 e. The number of aliphatic carboxylic acids is 1. The molecule has 0 amide bonds. The van der Waals surface area contributed by atoms with E-state index in [2.05, 4.69) is 15.5 Å². The monoisotopic (exact) mass is 288 g/mol. The topological polar surface area (TPSA) is 80.9 Å². The van der Waals surface area contributed by atoms with Crippen molar-refractivity contribution < 1.29 is 9.90 Å². The van der Waals surface area contributed by atoms with E-state index in [9.17, 15) is 4.79 Å². The van der Waals surface area contributed by atoms with Gasteiger partial charge in [0.25, 0.3) is 0 Å². The number of tetrazole rings is 1. The minimum absolute atomic E-state index is 0. The Bertz CT molecular complexity index is 501. The molecule has 1 N–H and O–H groups in total. The first kappa shape index (κ1) is 14.4. The van der Waals surface area contributed by atoms with Crippen molar-refractivity contribution in [1.82, 2.24) is 20.2 Å². The molecule has 2 aromatic rings. The van der Waals surface area contributed by atoms with Gasteiger partial charge in [-0.1, -0.05) is 23.7 Å². The normalized spacial score (nSPS) is 11.6. The molecule has 8 heteroatoms. The molecule has 0 aliphatic rings. The number of nitrogens with zero attached hydrogens (tertiary/aromatic N) is 4. The summed E-state index contributed by atoms with van der Waals surface area (Å²) in [7, 11) is 0. The highest BCUT2D eigenvalue weighted by Crippen LogP contribution is 2.22. The van der Waals surface area contributed by atoms with Crippen LogP contribution in [0.2, 0.25) is 5.02 Å². The van der Waals surface area contributed by atoms with Crippen LogP contribution in [0.15, 0.2) is 30.6 Å². The van der Waals surface area contributed by atoms with Gasteiger partial charge in [0, 0.05) is 5.02 Å². The Labute approximate surface area is 114 Å². The van der Waals surface area contributed by atoms with E-state index in [0.717, 1.165) is 5.56 Å². The van der Waals surface area contributed by atoms with Gasteiger partial charge in [0.05, 0.1) is 12.5 Å². The average Bonchev–Trinajstić information content (AvgIpc) is 2.80. The summed E-state index contributed by atoms with van der Waals surface area (Å²) in [5.41, 5.74) is 0.795. The van der Waals surface area contributed by atoms with E-state index >= 15 is 0 Å². The maximum atomic E-state index is 10.8. The van der Waals surface area contributed by atoms with Gasteiger partial charge < -0.3 is 5.11 Å². The zero-order valence-electron chi connectivity index (χ0n) is 9.10. The molecule has 96 valence electrons. The molecule has 0 radical (unpaired) electrons. The van der Waals surface area contributed by atoms with Crippen LogP contribution in [0.3, 0.4) is 0 Å². The molecule has 0 saturated heterocycles. The van der Waals surface area contributed by atoms with Gasteiger partial charge in [-0.25, -0.2) is 4.68 Å². The van der Waals surface area contributed by atoms with Gasteiger partial charge in [-0.3, -0.25) is 4.79 Å². The zero-order chi connectivity index (χ0) is 12.3. The number of carboxylic acid groups (broad SMARTS) is 1. The van der Waals surface area contributed by atoms with Crippen LogP contribution in [-0.2, 0) is 4.79 Å². The van der Waals surface area contributed by atoms with Crippen LogP contribution in [0, 0.1) is 0 Å². The van der Waals surface area contributed by atoms with Crippen molar-refractivity contribution in [2.45, 2.75) is 12.5 Å². The lowest BCUT2D eigenvalue weighted by atomic mass is 10.0. The van der Waals surface area contributed by atoms with Crippen molar-refractivity contribution in [3.63, 3.8) is 0 Å². The molecule has 18 heavy (non-hydrogen) atoms. The second-order valence-corrected chi connectivity index (χ2v) is 3.89. The Morgan fingerprint density at radius 2 is 2.06 bits per heavy atom. The van der Waals surface area contributed by atoms with E-state index in [1.807, 2.05) is 0 Å². The van der Waals surface area contributed by atoms with Crippen LogP contribution in [0.5, 0.6) is 0 Å². The fourth-order valence-corrected chi connectivity index (χ4v) is 1.65. The molecule has 1 aromatic carbocycles. The fourth-order valence-electron chi connectivity index (χ4n) is 1.53. The number of rotatable bonds is 4. The van der Waals surface area contributed by atoms with Crippen LogP contribution in [0.25, 0.3) is 0 Å². The molecule has 1 unspecified atom stereocenters. The summed E-state index contributed by atoms with van der Waals surface area (Å²) in [4.78, 5) is 10.8. The second kappa shape index (κ2) is 6.32. The molecular formula is C10H10Cl2N4O2. The standard InChI is InChI=1S/C10H9ClN4O2.ClH/c11-8-3-1-7(2-4-8)9(5-10(16)17)15-6-12-13-14-15;/h1-4,6,9H,5H2,(H,16,17);1H. The lowest BCUT2D eigenvalue weighted by molar-refractivity contribution is -0.137. The van der Waals surface area contributed by atoms with Crippen LogP contribution >= 0.6 is 24.0 Å². The van der Waals surface area contributed by atoms with Crippen LogP contribution in [-0.4, -0.2) is 31.3 Å². The summed E-state index contributed by atoms with van der Waals surface area (Å²) >= 11 is 5.78. The number of carboxylic acids is 1. The first-order valence-corrected chi connectivity index (χ1v) is 5.24. The average molecular weight is 289 g/mol. The minimum atomic E-state index is -0.916. The highest BCUT2D eigenvalue weighted by molar-refractivity contribution is 6.30. The van der Waals surface area contributed by atoms with Gasteiger partial charge in [-0.2, -0.15) is 0 Å². The quantitative estimate of drug-likeness (QED) is 0.928. The number of aromatic nitrogens is 4. The first-order chi connectivity index (χ1) is 8.16. The summed E-state index contributed by atoms with van der Waals surface area (Å²) in [5.74, 6) is -0.916. The summed E-state index contributed by atoms with van der Waals surface area (Å²) in [6, 6.07) is 6.50. The highest BCUT2D eigenvalue weighted by Gasteiger charge is 2.18. The van der Waals surface area contributed by atoms with Crippen molar-refractivity contribution >= 4 is 30.0 Å². The van der Waals surface area contributed by atoms with E-state index in [1.54, 1.807) is 24.3 Å². The third-order valence-electron chi connectivity index (χ3n) is 2.31. The summed E-state index contributed by atoms with van der Waals surface area (Å²) in [5, 5.41) is 20.2. The Hall–Kier alpha value is -1.66. The molecule has 0 saturated carbocycles. The molecule has 2 rings (SSSR count). The molecule has 1 atom stereocenters. The second-order valence-electron chi connectivity index (χ2n) is 3.46. The van der Waals surface area contributed by atoms with Crippen molar-refractivity contribution in [3.05, 3.63) is 41.2 Å². The predicted octanol–water partition coefficient (Wildman–Crippen LogP) is 1.81. The van der Waals surface area contributed by atoms with Crippen LogP contribution in [0.1, 0.15) is 18.0 Å². The van der Waals surface area contributed by atoms with Gasteiger partial charge in [0.2, 0.25) is 0 Å². The molecule has 6 nitrogen and oxygen atoms in total. The number of halogens is 2. The first-order valence-electron chi connectivity index (χ1n) is 4.86. The van der Waals surface area contributed by atoms with E-state index in [-0.39, 0.29) is 18.8 Å². The molecule has 1 heterocycles. The minimum Gasteiger partial charge on any atom is -0.481 e. The summed E-state index contributed by atoms with van der Waals surface area (Å²) < 4.78 is 1.41. The SMILES string of the molecule is Cl.O=C(O)CC(c1ccc(Cl)cc1)n1cnnn1. The lowest BCUT2D eigenvalue weighted by Crippen LogP contribution is -2.15. The predicted molar refractivity (Wildman–Crippen MR) is 66.9 cm³/mol. The van der Waals surface area contributed by atoms with Crippen molar-refractivity contribution in [1.29, 1.82) is 0 Å². The molecular weight excluding hydrogens is 279 g/mol. The maximum absolute atomic E-state index is 10.8. The summed E-state index contributed by atoms with van der Waals surface area (Å²) in [6.45, 7) is 0. The zero-order valence-corrected chi connectivity index (χ0v) is 10.7. The third-order valence-corrected chi connectivity index (χ3v) is 2.56. The molecule has 0 spiro atoms. The van der Waals surface area contributed by atoms with Crippen molar-refractivity contribution in [2.75, 3.05) is 0 Å². The molecule has 0 fully saturated rings. The molecule has 0 aliphatic heterocycles. The fraction of sp³-hybridized carbons (Fsp3) is 0.200. The van der Waals surface area contributed by atoms with Gasteiger partial charge in [0.1, 0.15) is 6.33 Å². The van der Waals surface area contributed by atoms with Gasteiger partial charge >= 0.3 is 5.97 Å².